The molecule has 0 aliphatic carbocycles. The maximum absolute atomic E-state index is 13.0. The van der Waals surface area contributed by atoms with Crippen LogP contribution in [0.3, 0.4) is 0 Å². The molecule has 4 rings (SSSR count). The van der Waals surface area contributed by atoms with Gasteiger partial charge in [-0.05, 0) is 19.1 Å². The molecule has 0 spiro atoms. The maximum atomic E-state index is 13.0. The predicted molar refractivity (Wildman–Crippen MR) is 82.3 cm³/mol. The van der Waals surface area contributed by atoms with Gasteiger partial charge in [0.1, 0.15) is 5.82 Å². The van der Waals surface area contributed by atoms with Crippen molar-refractivity contribution < 1.29 is 17.7 Å². The Hall–Kier alpha value is -2.76. The van der Waals surface area contributed by atoms with Gasteiger partial charge < -0.3 is 9.42 Å². The highest BCUT2D eigenvalue weighted by molar-refractivity contribution is 5.46. The first-order valence-corrected chi connectivity index (χ1v) is 7.96. The lowest BCUT2D eigenvalue weighted by Gasteiger charge is -2.34. The number of nitrogens with zero attached hydrogens (tertiary/aromatic N) is 8. The minimum Gasteiger partial charge on any atom is -0.353 e. The minimum atomic E-state index is -4.61. The monoisotopic (exact) mass is 368 g/mol. The van der Waals surface area contributed by atoms with E-state index in [1.54, 1.807) is 13.0 Å². The van der Waals surface area contributed by atoms with Crippen LogP contribution in [0.25, 0.3) is 5.65 Å². The fraction of sp³-hybridized carbons (Fsp3) is 0.500. The topological polar surface area (TPSA) is 88.5 Å². The van der Waals surface area contributed by atoms with Crippen molar-refractivity contribution in [2.45, 2.75) is 19.6 Å². The lowest BCUT2D eigenvalue weighted by molar-refractivity contribution is -0.146. The molecule has 0 unspecified atom stereocenters. The first-order valence-electron chi connectivity index (χ1n) is 7.96. The lowest BCUT2D eigenvalue weighted by Crippen LogP contribution is -2.46. The maximum Gasteiger partial charge on any atom is 0.453 e. The minimum absolute atomic E-state index is 0.0616. The number of halogens is 3. The van der Waals surface area contributed by atoms with Crippen LogP contribution in [-0.4, -0.2) is 61.0 Å². The van der Waals surface area contributed by atoms with Crippen LogP contribution in [0.15, 0.2) is 16.7 Å². The molecule has 0 amide bonds. The van der Waals surface area contributed by atoms with Crippen LogP contribution < -0.4 is 4.90 Å². The molecule has 0 atom stereocenters. The highest BCUT2D eigenvalue weighted by Gasteiger charge is 2.37. The van der Waals surface area contributed by atoms with Crippen molar-refractivity contribution in [1.82, 2.24) is 34.9 Å². The quantitative estimate of drug-likeness (QED) is 0.680. The molecule has 0 aromatic carbocycles. The zero-order valence-electron chi connectivity index (χ0n) is 13.8. The molecule has 9 nitrogen and oxygen atoms in total. The standard InChI is InChI=1S/C14H15F3N8O/c1-9-18-12(26-22-9)8-23-4-6-24(7-5-23)11-3-2-10-19-20-13(14(15,16)17)25(10)21-11/h2-3H,4-8H2,1H3. The number of piperazine rings is 1. The summed E-state index contributed by atoms with van der Waals surface area (Å²) in [6, 6.07) is 3.14. The number of anilines is 1. The van der Waals surface area contributed by atoms with Crippen LogP contribution in [0, 0.1) is 6.92 Å². The van der Waals surface area contributed by atoms with Gasteiger partial charge in [0, 0.05) is 26.2 Å². The van der Waals surface area contributed by atoms with Gasteiger partial charge in [0.05, 0.1) is 6.54 Å². The summed E-state index contributed by atoms with van der Waals surface area (Å²) in [7, 11) is 0. The first-order chi connectivity index (χ1) is 12.4. The zero-order valence-corrected chi connectivity index (χ0v) is 13.8. The Bertz CT molecular complexity index is 912. The molecule has 12 heteroatoms. The fourth-order valence-electron chi connectivity index (χ4n) is 2.86. The van der Waals surface area contributed by atoms with Gasteiger partial charge >= 0.3 is 6.18 Å². The van der Waals surface area contributed by atoms with E-state index in [9.17, 15) is 13.2 Å². The van der Waals surface area contributed by atoms with Crippen molar-refractivity contribution in [3.63, 3.8) is 0 Å². The average Bonchev–Trinajstić information content (AvgIpc) is 3.20. The Kier molecular flexibility index (Phi) is 3.98. The number of rotatable bonds is 3. The van der Waals surface area contributed by atoms with E-state index in [0.717, 1.165) is 4.52 Å². The van der Waals surface area contributed by atoms with Crippen LogP contribution in [0.4, 0.5) is 19.0 Å². The van der Waals surface area contributed by atoms with Crippen LogP contribution in [0.2, 0.25) is 0 Å². The number of alkyl halides is 3. The summed E-state index contributed by atoms with van der Waals surface area (Å²) in [5.41, 5.74) is 0.0616. The van der Waals surface area contributed by atoms with Crippen molar-refractivity contribution in [2.24, 2.45) is 0 Å². The van der Waals surface area contributed by atoms with Gasteiger partial charge in [-0.2, -0.15) is 22.7 Å². The molecular formula is C14H15F3N8O. The van der Waals surface area contributed by atoms with E-state index < -0.39 is 12.0 Å². The molecule has 0 N–H and O–H groups in total. The average molecular weight is 368 g/mol. The van der Waals surface area contributed by atoms with E-state index in [0.29, 0.717) is 50.3 Å². The second kappa shape index (κ2) is 6.20. The van der Waals surface area contributed by atoms with E-state index in [-0.39, 0.29) is 5.65 Å². The molecule has 1 aliphatic heterocycles. The first kappa shape index (κ1) is 16.7. The number of aryl methyl sites for hydroxylation is 1. The second-order valence-electron chi connectivity index (χ2n) is 5.98. The van der Waals surface area contributed by atoms with Gasteiger partial charge in [-0.1, -0.05) is 5.16 Å². The van der Waals surface area contributed by atoms with Crippen LogP contribution >= 0.6 is 0 Å². The molecule has 4 heterocycles. The highest BCUT2D eigenvalue weighted by atomic mass is 19.4. The van der Waals surface area contributed by atoms with Crippen molar-refractivity contribution in [2.75, 3.05) is 31.1 Å². The van der Waals surface area contributed by atoms with Crippen molar-refractivity contribution in [3.8, 4) is 0 Å². The summed E-state index contributed by atoms with van der Waals surface area (Å²) in [5.74, 6) is 0.469. The summed E-state index contributed by atoms with van der Waals surface area (Å²) >= 11 is 0. The van der Waals surface area contributed by atoms with Crippen LogP contribution in [0.1, 0.15) is 17.5 Å². The molecule has 0 saturated carbocycles. The Labute approximate surface area is 145 Å². The van der Waals surface area contributed by atoms with Crippen molar-refractivity contribution in [3.05, 3.63) is 29.7 Å². The Balaban J connectivity index is 1.47. The largest absolute Gasteiger partial charge is 0.453 e. The van der Waals surface area contributed by atoms with E-state index in [4.69, 9.17) is 4.52 Å². The zero-order chi connectivity index (χ0) is 18.3. The normalized spacial score (nSPS) is 16.5. The summed E-state index contributed by atoms with van der Waals surface area (Å²) < 4.78 is 44.8. The van der Waals surface area contributed by atoms with Gasteiger partial charge in [-0.15, -0.1) is 15.3 Å². The third kappa shape index (κ3) is 3.19. The molecule has 0 bridgehead atoms. The summed E-state index contributed by atoms with van der Waals surface area (Å²) in [4.78, 5) is 8.24. The highest BCUT2D eigenvalue weighted by Crippen LogP contribution is 2.28. The Morgan fingerprint density at radius 1 is 1.12 bits per heavy atom. The van der Waals surface area contributed by atoms with Gasteiger partial charge in [-0.3, -0.25) is 4.90 Å². The van der Waals surface area contributed by atoms with E-state index in [1.165, 1.54) is 6.07 Å². The molecule has 1 aliphatic rings. The van der Waals surface area contributed by atoms with Crippen molar-refractivity contribution in [1.29, 1.82) is 0 Å². The van der Waals surface area contributed by atoms with E-state index in [1.807, 2.05) is 4.90 Å². The molecule has 1 saturated heterocycles. The summed E-state index contributed by atoms with van der Waals surface area (Å²) in [6.45, 7) is 4.95. The predicted octanol–water partition coefficient (Wildman–Crippen LogP) is 1.16. The van der Waals surface area contributed by atoms with Crippen LogP contribution in [0.5, 0.6) is 0 Å². The van der Waals surface area contributed by atoms with Gasteiger partial charge in [0.25, 0.3) is 5.82 Å². The summed E-state index contributed by atoms with van der Waals surface area (Å²) in [5, 5.41) is 14.5. The molecular weight excluding hydrogens is 353 g/mol. The number of fused-ring (bicyclic) bond motifs is 1. The molecule has 1 fully saturated rings. The smallest absolute Gasteiger partial charge is 0.353 e. The molecule has 26 heavy (non-hydrogen) atoms. The molecule has 0 radical (unpaired) electrons. The number of hydrogen-bond acceptors (Lipinski definition) is 8. The van der Waals surface area contributed by atoms with Gasteiger partial charge in [0.15, 0.2) is 11.5 Å². The molecule has 3 aromatic rings. The van der Waals surface area contributed by atoms with Gasteiger partial charge in [0.2, 0.25) is 5.89 Å². The number of hydrogen-bond donors (Lipinski definition) is 0. The third-order valence-corrected chi connectivity index (χ3v) is 4.13. The molecule has 3 aromatic heterocycles. The van der Waals surface area contributed by atoms with Gasteiger partial charge in [-0.25, -0.2) is 0 Å². The number of aromatic nitrogens is 6. The SMILES string of the molecule is Cc1noc(CN2CCN(c3ccc4nnc(C(F)(F)F)n4n3)CC2)n1. The van der Waals surface area contributed by atoms with E-state index in [2.05, 4.69) is 30.3 Å². The van der Waals surface area contributed by atoms with Crippen LogP contribution in [-0.2, 0) is 12.7 Å². The Morgan fingerprint density at radius 2 is 1.88 bits per heavy atom. The van der Waals surface area contributed by atoms with Crippen molar-refractivity contribution >= 4 is 11.5 Å². The van der Waals surface area contributed by atoms with E-state index >= 15 is 0 Å². The molecule has 138 valence electrons. The fourth-order valence-corrected chi connectivity index (χ4v) is 2.86. The Morgan fingerprint density at radius 3 is 2.54 bits per heavy atom. The lowest BCUT2D eigenvalue weighted by atomic mass is 10.3. The second-order valence-corrected chi connectivity index (χ2v) is 5.98. The summed E-state index contributed by atoms with van der Waals surface area (Å²) in [6.07, 6.45) is -4.61. The third-order valence-electron chi connectivity index (χ3n) is 4.13.